The summed E-state index contributed by atoms with van der Waals surface area (Å²) in [4.78, 5) is 0. The number of hydrogen-bond donors (Lipinski definition) is 3. The van der Waals surface area contributed by atoms with Crippen molar-refractivity contribution in [3.8, 4) is 0 Å². The molecule has 0 aliphatic carbocycles. The van der Waals surface area contributed by atoms with Gasteiger partial charge in [0.1, 0.15) is 0 Å². The summed E-state index contributed by atoms with van der Waals surface area (Å²) in [6, 6.07) is -0.0705. The molecule has 0 aromatic heterocycles. The molecular weight excluding hydrogens is 218 g/mol. The summed E-state index contributed by atoms with van der Waals surface area (Å²) in [5.74, 6) is -0.248. The largest absolute Gasteiger partial charge is 0.395 e. The number of nitrogens with one attached hydrogen (secondary N) is 1. The second kappa shape index (κ2) is 5.79. The lowest BCUT2D eigenvalue weighted by atomic mass is 9.87. The van der Waals surface area contributed by atoms with Crippen molar-refractivity contribution in [1.29, 1.82) is 0 Å². The van der Waals surface area contributed by atoms with E-state index < -0.39 is 10.1 Å². The van der Waals surface area contributed by atoms with Gasteiger partial charge in [0, 0.05) is 6.04 Å². The fourth-order valence-electron chi connectivity index (χ4n) is 1.18. The van der Waals surface area contributed by atoms with Crippen molar-refractivity contribution in [3.63, 3.8) is 0 Å². The van der Waals surface area contributed by atoms with Crippen LogP contribution in [0.15, 0.2) is 0 Å². The lowest BCUT2D eigenvalue weighted by molar-refractivity contribution is 0.159. The summed E-state index contributed by atoms with van der Waals surface area (Å²) in [5.41, 5.74) is -0.0765. The highest BCUT2D eigenvalue weighted by atomic mass is 32.2. The average molecular weight is 239 g/mol. The zero-order valence-corrected chi connectivity index (χ0v) is 10.3. The van der Waals surface area contributed by atoms with E-state index >= 15 is 0 Å². The monoisotopic (exact) mass is 239 g/mol. The molecule has 3 N–H and O–H groups in total. The molecule has 5 nitrogen and oxygen atoms in total. The average Bonchev–Trinajstić information content (AvgIpc) is 1.99. The molecule has 0 amide bonds. The van der Waals surface area contributed by atoms with E-state index in [2.05, 4.69) is 5.32 Å². The Morgan fingerprint density at radius 2 is 1.87 bits per heavy atom. The van der Waals surface area contributed by atoms with Gasteiger partial charge in [-0.2, -0.15) is 8.42 Å². The molecule has 0 saturated heterocycles. The fourth-order valence-corrected chi connectivity index (χ4v) is 1.68. The van der Waals surface area contributed by atoms with Crippen LogP contribution >= 0.6 is 0 Å². The summed E-state index contributed by atoms with van der Waals surface area (Å²) < 4.78 is 29.3. The first-order chi connectivity index (χ1) is 6.67. The molecule has 0 unspecified atom stereocenters. The van der Waals surface area contributed by atoms with Gasteiger partial charge in [-0.15, -0.1) is 0 Å². The number of aliphatic hydroxyl groups excluding tert-OH is 1. The first-order valence-electron chi connectivity index (χ1n) is 4.96. The van der Waals surface area contributed by atoms with Gasteiger partial charge in [-0.25, -0.2) is 0 Å². The number of aliphatic hydroxyl groups is 1. The van der Waals surface area contributed by atoms with Crippen LogP contribution in [0.4, 0.5) is 0 Å². The molecule has 0 fully saturated rings. The molecule has 0 spiro atoms. The third-order valence-electron chi connectivity index (χ3n) is 2.20. The van der Waals surface area contributed by atoms with Crippen LogP contribution in [0.5, 0.6) is 0 Å². The van der Waals surface area contributed by atoms with Gasteiger partial charge < -0.3 is 10.4 Å². The summed E-state index contributed by atoms with van der Waals surface area (Å²) in [6.07, 6.45) is 0.339. The number of rotatable bonds is 6. The SMILES string of the molecule is CC(C)(C)[C@@H](CO)NCCCS(=O)(=O)O. The first-order valence-corrected chi connectivity index (χ1v) is 6.57. The molecule has 6 heteroatoms. The predicted molar refractivity (Wildman–Crippen MR) is 59.4 cm³/mol. The summed E-state index contributed by atoms with van der Waals surface area (Å²) >= 11 is 0. The van der Waals surface area contributed by atoms with E-state index in [9.17, 15) is 8.42 Å². The Hall–Kier alpha value is -0.170. The van der Waals surface area contributed by atoms with Crippen LogP contribution in [0.2, 0.25) is 0 Å². The Kier molecular flexibility index (Phi) is 5.72. The van der Waals surface area contributed by atoms with Crippen molar-refractivity contribution in [3.05, 3.63) is 0 Å². The van der Waals surface area contributed by atoms with Crippen LogP contribution < -0.4 is 5.32 Å². The molecule has 92 valence electrons. The molecule has 0 aliphatic rings. The minimum Gasteiger partial charge on any atom is -0.395 e. The number of hydrogen-bond acceptors (Lipinski definition) is 4. The van der Waals surface area contributed by atoms with E-state index in [1.165, 1.54) is 0 Å². The Balaban J connectivity index is 3.85. The standard InChI is InChI=1S/C9H21NO4S/c1-9(2,3)8(7-11)10-5-4-6-15(12,13)14/h8,10-11H,4-7H2,1-3H3,(H,12,13,14)/t8-/m1/s1. The zero-order valence-electron chi connectivity index (χ0n) is 9.52. The second-order valence-electron chi connectivity index (χ2n) is 4.69. The van der Waals surface area contributed by atoms with Crippen molar-refractivity contribution >= 4 is 10.1 Å². The van der Waals surface area contributed by atoms with Crippen LogP contribution in [-0.2, 0) is 10.1 Å². The summed E-state index contributed by atoms with van der Waals surface area (Å²) in [5, 5.41) is 12.1. The Morgan fingerprint density at radius 3 is 2.20 bits per heavy atom. The quantitative estimate of drug-likeness (QED) is 0.457. The molecule has 0 heterocycles. The highest BCUT2D eigenvalue weighted by Crippen LogP contribution is 2.18. The van der Waals surface area contributed by atoms with Crippen molar-refractivity contribution in [1.82, 2.24) is 5.32 Å². The lowest BCUT2D eigenvalue weighted by Gasteiger charge is -2.29. The fraction of sp³-hybridized carbons (Fsp3) is 1.00. The third kappa shape index (κ3) is 7.72. The molecule has 0 aliphatic heterocycles. The van der Waals surface area contributed by atoms with Crippen LogP contribution in [0, 0.1) is 5.41 Å². The maximum atomic E-state index is 10.4. The summed E-state index contributed by atoms with van der Waals surface area (Å²) in [6.45, 7) is 6.44. The lowest BCUT2D eigenvalue weighted by Crippen LogP contribution is -2.43. The van der Waals surface area contributed by atoms with E-state index in [1.807, 2.05) is 20.8 Å². The van der Waals surface area contributed by atoms with Gasteiger partial charge in [-0.3, -0.25) is 4.55 Å². The molecule has 0 bridgehead atoms. The van der Waals surface area contributed by atoms with Gasteiger partial charge in [-0.05, 0) is 18.4 Å². The topological polar surface area (TPSA) is 86.6 Å². The minimum atomic E-state index is -3.87. The Labute approximate surface area is 91.6 Å². The van der Waals surface area contributed by atoms with Gasteiger partial charge in [0.05, 0.1) is 12.4 Å². The van der Waals surface area contributed by atoms with Gasteiger partial charge in [-0.1, -0.05) is 20.8 Å². The van der Waals surface area contributed by atoms with E-state index in [-0.39, 0.29) is 23.8 Å². The highest BCUT2D eigenvalue weighted by molar-refractivity contribution is 7.85. The Bertz CT molecular complexity index is 268. The molecule has 0 rings (SSSR count). The molecule has 0 saturated carbocycles. The van der Waals surface area contributed by atoms with Crippen molar-refractivity contribution in [2.75, 3.05) is 18.9 Å². The molecule has 15 heavy (non-hydrogen) atoms. The minimum absolute atomic E-state index is 0.00930. The predicted octanol–water partition coefficient (Wildman–Crippen LogP) is 0.261. The van der Waals surface area contributed by atoms with Crippen molar-refractivity contribution in [2.24, 2.45) is 5.41 Å². The van der Waals surface area contributed by atoms with Crippen molar-refractivity contribution in [2.45, 2.75) is 33.2 Å². The second-order valence-corrected chi connectivity index (χ2v) is 6.27. The zero-order chi connectivity index (χ0) is 12.1. The van der Waals surface area contributed by atoms with Gasteiger partial charge in [0.25, 0.3) is 10.1 Å². The molecule has 0 radical (unpaired) electrons. The summed E-state index contributed by atoms with van der Waals surface area (Å²) in [7, 11) is -3.87. The first kappa shape index (κ1) is 14.8. The van der Waals surface area contributed by atoms with Crippen LogP contribution in [-0.4, -0.2) is 43.0 Å². The van der Waals surface area contributed by atoms with E-state index in [1.54, 1.807) is 0 Å². The maximum Gasteiger partial charge on any atom is 0.264 e. The van der Waals surface area contributed by atoms with Gasteiger partial charge >= 0.3 is 0 Å². The van der Waals surface area contributed by atoms with Gasteiger partial charge in [0.2, 0.25) is 0 Å². The van der Waals surface area contributed by atoms with Crippen LogP contribution in [0.3, 0.4) is 0 Å². The normalized spacial score (nSPS) is 15.3. The Morgan fingerprint density at radius 1 is 1.33 bits per heavy atom. The molecule has 0 aromatic carbocycles. The van der Waals surface area contributed by atoms with E-state index in [0.717, 1.165) is 0 Å². The molecule has 1 atom stereocenters. The van der Waals surface area contributed by atoms with Crippen molar-refractivity contribution < 1.29 is 18.1 Å². The third-order valence-corrected chi connectivity index (χ3v) is 3.00. The maximum absolute atomic E-state index is 10.4. The van der Waals surface area contributed by atoms with Crippen LogP contribution in [0.1, 0.15) is 27.2 Å². The smallest absolute Gasteiger partial charge is 0.264 e. The van der Waals surface area contributed by atoms with Crippen LogP contribution in [0.25, 0.3) is 0 Å². The molecular formula is C9H21NO4S. The van der Waals surface area contributed by atoms with E-state index in [4.69, 9.17) is 9.66 Å². The highest BCUT2D eigenvalue weighted by Gasteiger charge is 2.22. The van der Waals surface area contributed by atoms with E-state index in [0.29, 0.717) is 13.0 Å². The molecule has 0 aromatic rings. The van der Waals surface area contributed by atoms with Gasteiger partial charge in [0.15, 0.2) is 0 Å².